The van der Waals surface area contributed by atoms with E-state index in [1.807, 2.05) is 6.92 Å². The fourth-order valence-electron chi connectivity index (χ4n) is 2.41. The number of rotatable bonds is 3. The Labute approximate surface area is 119 Å². The molecule has 0 fully saturated rings. The topological polar surface area (TPSA) is 74.6 Å². The second-order valence-corrected chi connectivity index (χ2v) is 7.62. The quantitative estimate of drug-likeness (QED) is 0.828. The maximum Gasteiger partial charge on any atom is 0.181 e. The van der Waals surface area contributed by atoms with Gasteiger partial charge in [0.15, 0.2) is 9.84 Å². The molecule has 3 atom stereocenters. The summed E-state index contributed by atoms with van der Waals surface area (Å²) in [4.78, 5) is 0.211. The second kappa shape index (κ2) is 5.31. The Balaban J connectivity index is 2.28. The van der Waals surface area contributed by atoms with Crippen molar-refractivity contribution in [3.8, 4) is 0 Å². The van der Waals surface area contributed by atoms with Crippen LogP contribution in [0.2, 0.25) is 0 Å². The Bertz CT molecular complexity index is 603. The van der Waals surface area contributed by atoms with Crippen molar-refractivity contribution in [1.29, 1.82) is 0 Å². The molecule has 0 saturated heterocycles. The van der Waals surface area contributed by atoms with E-state index in [4.69, 9.17) is 0 Å². The highest BCUT2D eigenvalue weighted by molar-refractivity contribution is 7.91. The van der Waals surface area contributed by atoms with Crippen molar-refractivity contribution in [1.82, 2.24) is 0 Å². The van der Waals surface area contributed by atoms with Crippen LogP contribution in [0.5, 0.6) is 0 Å². The summed E-state index contributed by atoms with van der Waals surface area (Å²) in [5.41, 5.74) is -0.445. The van der Waals surface area contributed by atoms with Gasteiger partial charge in [-0.05, 0) is 31.4 Å². The lowest BCUT2D eigenvalue weighted by Gasteiger charge is -2.35. The van der Waals surface area contributed by atoms with Gasteiger partial charge >= 0.3 is 0 Å². The number of aliphatic hydroxyl groups excluding tert-OH is 1. The van der Waals surface area contributed by atoms with Crippen LogP contribution in [-0.4, -0.2) is 36.1 Å². The average molecular weight is 296 g/mol. The lowest BCUT2D eigenvalue weighted by molar-refractivity contribution is 0.0231. The molecule has 1 aromatic rings. The second-order valence-electron chi connectivity index (χ2n) is 5.63. The van der Waals surface area contributed by atoms with E-state index in [2.05, 4.69) is 0 Å². The number of aliphatic hydroxyl groups is 2. The standard InChI is InChI=1S/C15H20O4S/c1-11-3-5-14(6-4-11)20(18,19)10-15(17)8-7-13(16)9-12(15)2/h3-8,12-13,16-17H,9-10H2,1-2H3/t12-,13-,15-/m0/s1. The highest BCUT2D eigenvalue weighted by Crippen LogP contribution is 2.31. The molecule has 0 amide bonds. The molecule has 0 unspecified atom stereocenters. The fraction of sp³-hybridized carbons (Fsp3) is 0.467. The van der Waals surface area contributed by atoms with Crippen LogP contribution in [0.1, 0.15) is 18.9 Å². The minimum Gasteiger partial charge on any atom is -0.389 e. The predicted molar refractivity (Wildman–Crippen MR) is 77.1 cm³/mol. The van der Waals surface area contributed by atoms with Gasteiger partial charge in [-0.3, -0.25) is 0 Å². The molecule has 20 heavy (non-hydrogen) atoms. The Morgan fingerprint density at radius 3 is 2.45 bits per heavy atom. The van der Waals surface area contributed by atoms with Crippen LogP contribution in [0.15, 0.2) is 41.3 Å². The zero-order valence-corrected chi connectivity index (χ0v) is 12.5. The molecule has 1 aromatic carbocycles. The first kappa shape index (κ1) is 15.2. The monoisotopic (exact) mass is 296 g/mol. The van der Waals surface area contributed by atoms with E-state index >= 15 is 0 Å². The van der Waals surface area contributed by atoms with E-state index in [-0.39, 0.29) is 16.6 Å². The van der Waals surface area contributed by atoms with Crippen molar-refractivity contribution >= 4 is 9.84 Å². The zero-order chi connectivity index (χ0) is 15.0. The zero-order valence-electron chi connectivity index (χ0n) is 11.7. The Kier molecular flexibility index (Phi) is 4.04. The van der Waals surface area contributed by atoms with Gasteiger partial charge in [-0.2, -0.15) is 0 Å². The van der Waals surface area contributed by atoms with Gasteiger partial charge in [-0.1, -0.05) is 36.8 Å². The van der Waals surface area contributed by atoms with Crippen LogP contribution in [0, 0.1) is 12.8 Å². The smallest absolute Gasteiger partial charge is 0.181 e. The summed E-state index contributed by atoms with van der Waals surface area (Å²) in [6.45, 7) is 3.63. The van der Waals surface area contributed by atoms with Crippen molar-refractivity contribution < 1.29 is 18.6 Å². The first-order valence-corrected chi connectivity index (χ1v) is 8.27. The predicted octanol–water partition coefficient (Wildman–Crippen LogP) is 1.46. The number of benzene rings is 1. The molecule has 0 aromatic heterocycles. The molecule has 0 saturated carbocycles. The third-order valence-electron chi connectivity index (χ3n) is 3.86. The first-order chi connectivity index (χ1) is 9.23. The molecule has 110 valence electrons. The van der Waals surface area contributed by atoms with E-state index in [9.17, 15) is 18.6 Å². The summed E-state index contributed by atoms with van der Waals surface area (Å²) >= 11 is 0. The van der Waals surface area contributed by atoms with Crippen molar-refractivity contribution in [3.63, 3.8) is 0 Å². The van der Waals surface area contributed by atoms with Crippen LogP contribution in [0.4, 0.5) is 0 Å². The molecule has 2 N–H and O–H groups in total. The molecule has 0 heterocycles. The molecule has 0 bridgehead atoms. The number of sulfone groups is 1. The number of hydrogen-bond acceptors (Lipinski definition) is 4. The molecule has 0 aliphatic heterocycles. The van der Waals surface area contributed by atoms with Gasteiger partial charge in [0.1, 0.15) is 0 Å². The highest BCUT2D eigenvalue weighted by atomic mass is 32.2. The van der Waals surface area contributed by atoms with E-state index < -0.39 is 21.5 Å². The lowest BCUT2D eigenvalue weighted by Crippen LogP contribution is -2.45. The SMILES string of the molecule is Cc1ccc(S(=O)(=O)C[C@@]2(O)C=C[C@H](O)C[C@@H]2C)cc1. The molecule has 0 spiro atoms. The van der Waals surface area contributed by atoms with Crippen LogP contribution in [-0.2, 0) is 9.84 Å². The Hall–Kier alpha value is -1.17. The molecule has 5 heteroatoms. The third kappa shape index (κ3) is 3.11. The van der Waals surface area contributed by atoms with Crippen molar-refractivity contribution in [2.45, 2.75) is 36.9 Å². The van der Waals surface area contributed by atoms with Crippen LogP contribution in [0.25, 0.3) is 0 Å². The Morgan fingerprint density at radius 1 is 1.30 bits per heavy atom. The van der Waals surface area contributed by atoms with Gasteiger partial charge in [0.25, 0.3) is 0 Å². The molecule has 4 nitrogen and oxygen atoms in total. The van der Waals surface area contributed by atoms with Crippen molar-refractivity contribution in [3.05, 3.63) is 42.0 Å². The van der Waals surface area contributed by atoms with Crippen LogP contribution in [0.3, 0.4) is 0 Å². The molecule has 2 rings (SSSR count). The summed E-state index contributed by atoms with van der Waals surface area (Å²) in [5, 5.41) is 20.0. The van der Waals surface area contributed by atoms with Crippen LogP contribution >= 0.6 is 0 Å². The van der Waals surface area contributed by atoms with Gasteiger partial charge in [-0.15, -0.1) is 0 Å². The average Bonchev–Trinajstić information content (AvgIpc) is 2.35. The van der Waals surface area contributed by atoms with Crippen molar-refractivity contribution in [2.24, 2.45) is 5.92 Å². The maximum atomic E-state index is 12.4. The summed E-state index contributed by atoms with van der Waals surface area (Å²) < 4.78 is 24.8. The lowest BCUT2D eigenvalue weighted by atomic mass is 9.81. The third-order valence-corrected chi connectivity index (χ3v) is 5.69. The Morgan fingerprint density at radius 2 is 1.90 bits per heavy atom. The molecular formula is C15H20O4S. The van der Waals surface area contributed by atoms with Gasteiger partial charge in [0.2, 0.25) is 0 Å². The van der Waals surface area contributed by atoms with Crippen molar-refractivity contribution in [2.75, 3.05) is 5.75 Å². The highest BCUT2D eigenvalue weighted by Gasteiger charge is 2.39. The van der Waals surface area contributed by atoms with E-state index in [0.29, 0.717) is 6.42 Å². The normalized spacial score (nSPS) is 30.4. The summed E-state index contributed by atoms with van der Waals surface area (Å²) in [5.74, 6) is -0.685. The molecule has 0 radical (unpaired) electrons. The number of aryl methyl sites for hydroxylation is 1. The van der Waals surface area contributed by atoms with E-state index in [1.54, 1.807) is 31.2 Å². The molecule has 1 aliphatic carbocycles. The largest absolute Gasteiger partial charge is 0.389 e. The number of hydrogen-bond donors (Lipinski definition) is 2. The molecule has 1 aliphatic rings. The van der Waals surface area contributed by atoms with Gasteiger partial charge in [-0.25, -0.2) is 8.42 Å². The fourth-order valence-corrected chi connectivity index (χ4v) is 4.12. The summed E-state index contributed by atoms with van der Waals surface area (Å²) in [7, 11) is -3.57. The van der Waals surface area contributed by atoms with E-state index in [1.165, 1.54) is 12.2 Å². The molecular weight excluding hydrogens is 276 g/mol. The summed E-state index contributed by atoms with van der Waals surface area (Å²) in [6, 6.07) is 6.59. The summed E-state index contributed by atoms with van der Waals surface area (Å²) in [6.07, 6.45) is 2.62. The minimum atomic E-state index is -3.57. The van der Waals surface area contributed by atoms with E-state index in [0.717, 1.165) is 5.56 Å². The maximum absolute atomic E-state index is 12.4. The van der Waals surface area contributed by atoms with Gasteiger partial charge in [0, 0.05) is 0 Å². The van der Waals surface area contributed by atoms with Crippen LogP contribution < -0.4 is 0 Å². The minimum absolute atomic E-state index is 0.211. The first-order valence-electron chi connectivity index (χ1n) is 6.62. The van der Waals surface area contributed by atoms with Gasteiger partial charge < -0.3 is 10.2 Å². The van der Waals surface area contributed by atoms with Gasteiger partial charge in [0.05, 0.1) is 22.4 Å².